The van der Waals surface area contributed by atoms with Crippen LogP contribution in [0.4, 0.5) is 0 Å². The Hall–Kier alpha value is -3.89. The summed E-state index contributed by atoms with van der Waals surface area (Å²) in [5, 5.41) is 2.67. The van der Waals surface area contributed by atoms with Crippen LogP contribution < -0.4 is 5.32 Å². The first kappa shape index (κ1) is 46.1. The van der Waals surface area contributed by atoms with Gasteiger partial charge in [0.1, 0.15) is 22.4 Å². The van der Waals surface area contributed by atoms with Crippen molar-refractivity contribution in [2.24, 2.45) is 0 Å². The van der Waals surface area contributed by atoms with Crippen molar-refractivity contribution in [2.45, 2.75) is 105 Å². The third-order valence-electron chi connectivity index (χ3n) is 6.48. The van der Waals surface area contributed by atoms with Crippen LogP contribution in [0.25, 0.3) is 0 Å². The van der Waals surface area contributed by atoms with Gasteiger partial charge < -0.3 is 24.3 Å². The number of carbonyl (C=O) groups excluding carboxylic acids is 7. The molecule has 0 atom stereocenters. The molecule has 52 heavy (non-hydrogen) atoms. The van der Waals surface area contributed by atoms with E-state index in [0.717, 1.165) is 17.1 Å². The highest BCUT2D eigenvalue weighted by Crippen LogP contribution is 2.12. The largest absolute Gasteiger partial charge is 0.459 e. The summed E-state index contributed by atoms with van der Waals surface area (Å²) in [4.78, 5) is 93.9. The molecule has 0 spiro atoms. The van der Waals surface area contributed by atoms with E-state index in [1.54, 1.807) is 97.8 Å². The van der Waals surface area contributed by atoms with Gasteiger partial charge in [-0.05, 0) is 83.1 Å². The Morgan fingerprint density at radius 1 is 0.519 bits per heavy atom. The second kappa shape index (κ2) is 19.8. The first-order chi connectivity index (χ1) is 23.6. The molecule has 0 bridgehead atoms. The minimum Gasteiger partial charge on any atom is -0.459 e. The van der Waals surface area contributed by atoms with Crippen molar-refractivity contribution >= 4 is 41.6 Å². The number of esters is 4. The summed E-state index contributed by atoms with van der Waals surface area (Å²) >= 11 is 0. The van der Waals surface area contributed by atoms with E-state index in [1.165, 1.54) is 0 Å². The zero-order valence-electron chi connectivity index (χ0n) is 33.2. The van der Waals surface area contributed by atoms with Crippen LogP contribution in [0.15, 0.2) is 12.2 Å². The normalized spacial score (nSPS) is 13.9. The monoisotopic (exact) mass is 739 g/mol. The van der Waals surface area contributed by atoms with Crippen molar-refractivity contribution in [1.29, 1.82) is 0 Å². The second-order valence-corrected chi connectivity index (χ2v) is 16.6. The SMILES string of the molecule is CC(C)(C)OC(=O)CN(CCN(CC(=O)NCCN1C(=O)C=CC1=O)CC(=O)OC(C)(C)C)CCN(CC(=O)OC(C)(C)C)CC(=O)OC(C)(C)C. The summed E-state index contributed by atoms with van der Waals surface area (Å²) in [5.74, 6) is -3.57. The lowest BCUT2D eigenvalue weighted by atomic mass is 10.2. The maximum atomic E-state index is 13.0. The molecular formula is C36H61N5O11. The van der Waals surface area contributed by atoms with Crippen LogP contribution >= 0.6 is 0 Å². The van der Waals surface area contributed by atoms with Crippen LogP contribution in [0.1, 0.15) is 83.1 Å². The molecule has 0 radical (unpaired) electrons. The van der Waals surface area contributed by atoms with Gasteiger partial charge in [0.25, 0.3) is 11.8 Å². The molecule has 3 amide bonds. The molecular weight excluding hydrogens is 678 g/mol. The first-order valence-electron chi connectivity index (χ1n) is 17.5. The van der Waals surface area contributed by atoms with Gasteiger partial charge in [0.2, 0.25) is 5.91 Å². The Balaban J connectivity index is 3.17. The topological polar surface area (TPSA) is 181 Å². The van der Waals surface area contributed by atoms with E-state index < -0.39 is 64.0 Å². The maximum absolute atomic E-state index is 13.0. The summed E-state index contributed by atoms with van der Waals surface area (Å²) in [7, 11) is 0. The van der Waals surface area contributed by atoms with Gasteiger partial charge in [0, 0.05) is 51.4 Å². The van der Waals surface area contributed by atoms with Crippen LogP contribution in [-0.2, 0) is 52.5 Å². The predicted molar refractivity (Wildman–Crippen MR) is 192 cm³/mol. The Kier molecular flexibility index (Phi) is 17.6. The van der Waals surface area contributed by atoms with Gasteiger partial charge in [-0.3, -0.25) is 53.2 Å². The molecule has 0 fully saturated rings. The molecule has 0 aliphatic carbocycles. The second-order valence-electron chi connectivity index (χ2n) is 16.6. The number of carbonyl (C=O) groups is 7. The van der Waals surface area contributed by atoms with E-state index >= 15 is 0 Å². The third-order valence-corrected chi connectivity index (χ3v) is 6.48. The molecule has 16 heteroatoms. The molecule has 1 heterocycles. The van der Waals surface area contributed by atoms with Gasteiger partial charge in [-0.15, -0.1) is 0 Å². The molecule has 0 aromatic rings. The molecule has 296 valence electrons. The average molecular weight is 740 g/mol. The van der Waals surface area contributed by atoms with E-state index in [2.05, 4.69) is 5.32 Å². The van der Waals surface area contributed by atoms with Gasteiger partial charge in [-0.2, -0.15) is 0 Å². The van der Waals surface area contributed by atoms with Crippen LogP contribution in [0.3, 0.4) is 0 Å². The van der Waals surface area contributed by atoms with Crippen molar-refractivity contribution in [2.75, 3.05) is 72.0 Å². The van der Waals surface area contributed by atoms with Gasteiger partial charge in [-0.25, -0.2) is 0 Å². The van der Waals surface area contributed by atoms with Crippen molar-refractivity contribution in [1.82, 2.24) is 24.9 Å². The molecule has 1 aliphatic rings. The first-order valence-corrected chi connectivity index (χ1v) is 17.5. The van der Waals surface area contributed by atoms with Crippen molar-refractivity contribution in [3.63, 3.8) is 0 Å². The van der Waals surface area contributed by atoms with Gasteiger partial charge in [0.05, 0.1) is 32.7 Å². The van der Waals surface area contributed by atoms with Gasteiger partial charge in [0.15, 0.2) is 0 Å². The molecule has 1 aliphatic heterocycles. The van der Waals surface area contributed by atoms with Crippen LogP contribution in [0.5, 0.6) is 0 Å². The summed E-state index contributed by atoms with van der Waals surface area (Å²) < 4.78 is 22.0. The highest BCUT2D eigenvalue weighted by molar-refractivity contribution is 6.12. The number of rotatable bonds is 19. The quantitative estimate of drug-likeness (QED) is 0.114. The van der Waals surface area contributed by atoms with E-state index in [-0.39, 0.29) is 72.0 Å². The lowest BCUT2D eigenvalue weighted by Crippen LogP contribution is -2.48. The Bertz CT molecular complexity index is 1260. The third kappa shape index (κ3) is 22.1. The zero-order chi connectivity index (χ0) is 40.1. The number of nitrogens with zero attached hydrogens (tertiary/aromatic N) is 4. The summed E-state index contributed by atoms with van der Waals surface area (Å²) in [5.41, 5.74) is -3.03. The minimum atomic E-state index is -0.775. The average Bonchev–Trinajstić information content (AvgIpc) is 3.22. The molecule has 0 unspecified atom stereocenters. The maximum Gasteiger partial charge on any atom is 0.320 e. The number of hydrogen-bond donors (Lipinski definition) is 1. The number of amides is 3. The Labute approximate surface area is 308 Å². The number of ether oxygens (including phenoxy) is 4. The number of nitrogens with one attached hydrogen (secondary N) is 1. The van der Waals surface area contributed by atoms with Crippen molar-refractivity contribution in [3.8, 4) is 0 Å². The van der Waals surface area contributed by atoms with Crippen LogP contribution in [0, 0.1) is 0 Å². The summed E-state index contributed by atoms with van der Waals surface area (Å²) in [6.07, 6.45) is 2.31. The van der Waals surface area contributed by atoms with Gasteiger partial charge in [-0.1, -0.05) is 0 Å². The zero-order valence-corrected chi connectivity index (χ0v) is 33.2. The highest BCUT2D eigenvalue weighted by atomic mass is 16.6. The van der Waals surface area contributed by atoms with E-state index in [0.29, 0.717) is 0 Å². The Morgan fingerprint density at radius 2 is 0.808 bits per heavy atom. The van der Waals surface area contributed by atoms with Crippen molar-refractivity contribution in [3.05, 3.63) is 12.2 Å². The fourth-order valence-electron chi connectivity index (χ4n) is 4.71. The molecule has 0 aromatic carbocycles. The summed E-state index contributed by atoms with van der Waals surface area (Å²) in [6, 6.07) is 0. The minimum absolute atomic E-state index is 0.00811. The molecule has 1 rings (SSSR count). The fourth-order valence-corrected chi connectivity index (χ4v) is 4.71. The van der Waals surface area contributed by atoms with Gasteiger partial charge >= 0.3 is 23.9 Å². The molecule has 0 saturated carbocycles. The van der Waals surface area contributed by atoms with E-state index in [9.17, 15) is 33.6 Å². The highest BCUT2D eigenvalue weighted by Gasteiger charge is 2.27. The molecule has 0 saturated heterocycles. The number of hydrogen-bond acceptors (Lipinski definition) is 14. The molecule has 1 N–H and O–H groups in total. The van der Waals surface area contributed by atoms with Crippen molar-refractivity contribution < 1.29 is 52.5 Å². The van der Waals surface area contributed by atoms with E-state index in [1.807, 2.05) is 0 Å². The predicted octanol–water partition coefficient (Wildman–Crippen LogP) is 1.30. The number of imide groups is 1. The lowest BCUT2D eigenvalue weighted by molar-refractivity contribution is -0.161. The summed E-state index contributed by atoms with van der Waals surface area (Å²) in [6.45, 7) is 20.4. The smallest absolute Gasteiger partial charge is 0.320 e. The molecule has 0 aromatic heterocycles. The van der Waals surface area contributed by atoms with Crippen LogP contribution in [0.2, 0.25) is 0 Å². The fraction of sp³-hybridized carbons (Fsp3) is 0.750. The van der Waals surface area contributed by atoms with E-state index in [4.69, 9.17) is 18.9 Å². The lowest BCUT2D eigenvalue weighted by Gasteiger charge is -2.31. The molecule has 16 nitrogen and oxygen atoms in total. The Morgan fingerprint density at radius 3 is 1.13 bits per heavy atom. The van der Waals surface area contributed by atoms with Crippen LogP contribution in [-0.4, -0.2) is 156 Å². The standard InChI is InChI=1S/C36H61N5O11/c1-33(2,3)49-29(45)22-38(18-20-40(24-31(47)51-35(7,8)9)25-32(48)52-36(10,11)12)17-19-39(23-30(46)50-34(4,5)6)21-26(42)37-15-16-41-27(43)13-14-28(41)44/h13-14H,15-25H2,1-12H3,(H,37,42).